The van der Waals surface area contributed by atoms with Crippen molar-refractivity contribution >= 4 is 17.3 Å². The molecule has 7 nitrogen and oxygen atoms in total. The minimum absolute atomic E-state index is 0.0637. The van der Waals surface area contributed by atoms with Gasteiger partial charge in [0.1, 0.15) is 5.75 Å². The number of non-ortho nitro benzene ring substituents is 1. The SMILES string of the molecule is COc1ccc([N+](=O)[O-])cc1NC(=O)CCN1CCCCC1c1ccc(C(F)(F)F)cc1. The lowest BCUT2D eigenvalue weighted by atomic mass is 9.94. The van der Waals surface area contributed by atoms with Crippen LogP contribution in [0.3, 0.4) is 0 Å². The fourth-order valence-corrected chi connectivity index (χ4v) is 3.90. The van der Waals surface area contributed by atoms with E-state index in [1.54, 1.807) is 0 Å². The van der Waals surface area contributed by atoms with Crippen molar-refractivity contribution in [1.29, 1.82) is 0 Å². The number of piperidine rings is 1. The highest BCUT2D eigenvalue weighted by molar-refractivity contribution is 5.92. The number of hydrogen-bond acceptors (Lipinski definition) is 5. The van der Waals surface area contributed by atoms with Gasteiger partial charge in [-0.3, -0.25) is 19.8 Å². The van der Waals surface area contributed by atoms with E-state index in [4.69, 9.17) is 4.74 Å². The van der Waals surface area contributed by atoms with E-state index in [1.807, 2.05) is 0 Å². The second kappa shape index (κ2) is 9.99. The third-order valence-corrected chi connectivity index (χ3v) is 5.53. The molecule has 32 heavy (non-hydrogen) atoms. The monoisotopic (exact) mass is 451 g/mol. The molecule has 10 heteroatoms. The number of halogens is 3. The van der Waals surface area contributed by atoms with E-state index in [2.05, 4.69) is 10.2 Å². The molecule has 0 saturated carbocycles. The number of nitrogens with zero attached hydrogens (tertiary/aromatic N) is 2. The largest absolute Gasteiger partial charge is 0.495 e. The van der Waals surface area contributed by atoms with Gasteiger partial charge in [-0.25, -0.2) is 0 Å². The summed E-state index contributed by atoms with van der Waals surface area (Å²) in [6.07, 6.45) is -1.55. The van der Waals surface area contributed by atoms with Crippen molar-refractivity contribution < 1.29 is 27.6 Å². The Morgan fingerprint density at radius 2 is 1.94 bits per heavy atom. The minimum Gasteiger partial charge on any atom is -0.495 e. The number of rotatable bonds is 7. The Kier molecular flexibility index (Phi) is 7.34. The molecular formula is C22H24F3N3O4. The fraction of sp³-hybridized carbons (Fsp3) is 0.409. The number of benzene rings is 2. The number of nitro groups is 1. The first kappa shape index (κ1) is 23.5. The van der Waals surface area contributed by atoms with Crippen LogP contribution in [-0.4, -0.2) is 35.9 Å². The van der Waals surface area contributed by atoms with Crippen LogP contribution in [0.2, 0.25) is 0 Å². The standard InChI is InChI=1S/C22H24F3N3O4/c1-32-20-10-9-17(28(30)31)14-18(20)26-21(29)11-13-27-12-3-2-4-19(27)15-5-7-16(8-6-15)22(23,24)25/h5-10,14,19H,2-4,11-13H2,1H3,(H,26,29). The molecule has 172 valence electrons. The molecule has 0 aromatic heterocycles. The highest BCUT2D eigenvalue weighted by Gasteiger charge is 2.31. The lowest BCUT2D eigenvalue weighted by Gasteiger charge is -2.36. The maximum atomic E-state index is 12.8. The first-order chi connectivity index (χ1) is 15.2. The summed E-state index contributed by atoms with van der Waals surface area (Å²) in [4.78, 5) is 25.1. The number of alkyl halides is 3. The van der Waals surface area contributed by atoms with Gasteiger partial charge < -0.3 is 10.1 Å². The smallest absolute Gasteiger partial charge is 0.416 e. The molecule has 0 bridgehead atoms. The van der Waals surface area contributed by atoms with Gasteiger partial charge in [0, 0.05) is 31.1 Å². The first-order valence-electron chi connectivity index (χ1n) is 10.2. The van der Waals surface area contributed by atoms with E-state index in [0.29, 0.717) is 12.3 Å². The van der Waals surface area contributed by atoms with Crippen LogP contribution in [-0.2, 0) is 11.0 Å². The molecule has 1 aliphatic heterocycles. The number of carbonyl (C=O) groups is 1. The summed E-state index contributed by atoms with van der Waals surface area (Å²) in [6, 6.07) is 9.05. The summed E-state index contributed by atoms with van der Waals surface area (Å²) < 4.78 is 43.7. The molecule has 1 fully saturated rings. The van der Waals surface area contributed by atoms with E-state index in [0.717, 1.165) is 43.5 Å². The van der Waals surface area contributed by atoms with Gasteiger partial charge in [-0.15, -0.1) is 0 Å². The number of anilines is 1. The van der Waals surface area contributed by atoms with Crippen LogP contribution in [0.25, 0.3) is 0 Å². The zero-order valence-corrected chi connectivity index (χ0v) is 17.5. The number of carbonyl (C=O) groups excluding carboxylic acids is 1. The Morgan fingerprint density at radius 1 is 1.22 bits per heavy atom. The normalized spacial score (nSPS) is 17.1. The minimum atomic E-state index is -4.38. The summed E-state index contributed by atoms with van der Waals surface area (Å²) in [5.41, 5.74) is 0.150. The Bertz CT molecular complexity index is 964. The zero-order valence-electron chi connectivity index (χ0n) is 17.5. The molecule has 2 aromatic rings. The molecule has 1 heterocycles. The van der Waals surface area contributed by atoms with Crippen LogP contribution in [0, 0.1) is 10.1 Å². The summed E-state index contributed by atoms with van der Waals surface area (Å²) in [5, 5.41) is 13.7. The van der Waals surface area contributed by atoms with Gasteiger partial charge >= 0.3 is 6.18 Å². The zero-order chi connectivity index (χ0) is 23.3. The van der Waals surface area contributed by atoms with E-state index in [9.17, 15) is 28.1 Å². The third kappa shape index (κ3) is 5.76. The molecule has 1 aliphatic rings. The number of nitro benzene ring substituents is 1. The highest BCUT2D eigenvalue weighted by atomic mass is 19.4. The molecule has 1 amide bonds. The number of nitrogens with one attached hydrogen (secondary N) is 1. The molecule has 1 atom stereocenters. The van der Waals surface area contributed by atoms with Crippen LogP contribution in [0.15, 0.2) is 42.5 Å². The van der Waals surface area contributed by atoms with Crippen molar-refractivity contribution in [3.63, 3.8) is 0 Å². The number of methoxy groups -OCH3 is 1. The van der Waals surface area contributed by atoms with Gasteiger partial charge in [-0.2, -0.15) is 13.2 Å². The molecule has 3 rings (SSSR count). The fourth-order valence-electron chi connectivity index (χ4n) is 3.90. The maximum Gasteiger partial charge on any atom is 0.416 e. The highest BCUT2D eigenvalue weighted by Crippen LogP contribution is 2.34. The van der Waals surface area contributed by atoms with Crippen LogP contribution in [0.1, 0.15) is 42.9 Å². The molecule has 1 unspecified atom stereocenters. The molecular weight excluding hydrogens is 427 g/mol. The van der Waals surface area contributed by atoms with Crippen LogP contribution in [0.4, 0.5) is 24.5 Å². The summed E-state index contributed by atoms with van der Waals surface area (Å²) in [7, 11) is 1.40. The second-order valence-corrected chi connectivity index (χ2v) is 7.61. The lowest BCUT2D eigenvalue weighted by molar-refractivity contribution is -0.384. The molecule has 0 aliphatic carbocycles. The van der Waals surface area contributed by atoms with Crippen molar-refractivity contribution in [1.82, 2.24) is 4.90 Å². The topological polar surface area (TPSA) is 84.7 Å². The first-order valence-corrected chi connectivity index (χ1v) is 10.2. The average Bonchev–Trinajstić information content (AvgIpc) is 2.77. The van der Waals surface area contributed by atoms with E-state index < -0.39 is 16.7 Å². The molecule has 1 N–H and O–H groups in total. The van der Waals surface area contributed by atoms with E-state index in [-0.39, 0.29) is 29.7 Å². The second-order valence-electron chi connectivity index (χ2n) is 7.61. The van der Waals surface area contributed by atoms with Crippen molar-refractivity contribution in [3.05, 3.63) is 63.7 Å². The maximum absolute atomic E-state index is 12.8. The van der Waals surface area contributed by atoms with Gasteiger partial charge in [0.05, 0.1) is 23.3 Å². The molecule has 1 saturated heterocycles. The van der Waals surface area contributed by atoms with Crippen LogP contribution < -0.4 is 10.1 Å². The molecule has 0 radical (unpaired) electrons. The number of amides is 1. The number of ether oxygens (including phenoxy) is 1. The predicted octanol–water partition coefficient (Wildman–Crippen LogP) is 5.18. The van der Waals surface area contributed by atoms with Crippen molar-refractivity contribution in [2.45, 2.75) is 37.9 Å². The van der Waals surface area contributed by atoms with Gasteiger partial charge in [-0.05, 0) is 43.1 Å². The average molecular weight is 451 g/mol. The lowest BCUT2D eigenvalue weighted by Crippen LogP contribution is -2.35. The van der Waals surface area contributed by atoms with E-state index in [1.165, 1.54) is 37.4 Å². The predicted molar refractivity (Wildman–Crippen MR) is 113 cm³/mol. The van der Waals surface area contributed by atoms with E-state index >= 15 is 0 Å². The summed E-state index contributed by atoms with van der Waals surface area (Å²) in [5.74, 6) is -0.0231. The Balaban J connectivity index is 1.65. The number of hydrogen-bond donors (Lipinski definition) is 1. The number of likely N-dealkylation sites (tertiary alicyclic amines) is 1. The van der Waals surface area contributed by atoms with Gasteiger partial charge in [0.2, 0.25) is 5.91 Å². The third-order valence-electron chi connectivity index (χ3n) is 5.53. The summed E-state index contributed by atoms with van der Waals surface area (Å²) >= 11 is 0. The van der Waals surface area contributed by atoms with Gasteiger partial charge in [0.25, 0.3) is 5.69 Å². The van der Waals surface area contributed by atoms with Crippen molar-refractivity contribution in [3.8, 4) is 5.75 Å². The molecule has 0 spiro atoms. The van der Waals surface area contributed by atoms with Crippen LogP contribution >= 0.6 is 0 Å². The van der Waals surface area contributed by atoms with Gasteiger partial charge in [0.15, 0.2) is 0 Å². The quantitative estimate of drug-likeness (QED) is 0.463. The molecule has 2 aromatic carbocycles. The Labute approximate surface area is 183 Å². The van der Waals surface area contributed by atoms with Crippen molar-refractivity contribution in [2.75, 3.05) is 25.5 Å². The Morgan fingerprint density at radius 3 is 2.56 bits per heavy atom. The Hall–Kier alpha value is -3.14. The van der Waals surface area contributed by atoms with Crippen LogP contribution in [0.5, 0.6) is 5.75 Å². The summed E-state index contributed by atoms with van der Waals surface area (Å²) in [6.45, 7) is 1.15. The van der Waals surface area contributed by atoms with Gasteiger partial charge in [-0.1, -0.05) is 18.6 Å². The van der Waals surface area contributed by atoms with Crippen molar-refractivity contribution in [2.24, 2.45) is 0 Å².